The van der Waals surface area contributed by atoms with Crippen LogP contribution in [-0.4, -0.2) is 76.6 Å². The molecule has 0 spiro atoms. The van der Waals surface area contributed by atoms with E-state index in [1.54, 1.807) is 31.1 Å². The fourth-order valence-corrected chi connectivity index (χ4v) is 5.39. The fourth-order valence-electron chi connectivity index (χ4n) is 5.10. The zero-order chi connectivity index (χ0) is 28.8. The van der Waals surface area contributed by atoms with E-state index in [0.717, 1.165) is 29.9 Å². The van der Waals surface area contributed by atoms with Crippen molar-refractivity contribution in [2.45, 2.75) is 32.0 Å². The minimum absolute atomic E-state index is 0.0000151. The molecule has 2 N–H and O–H groups in total. The number of ether oxygens (including phenoxy) is 1. The van der Waals surface area contributed by atoms with Crippen LogP contribution in [0.3, 0.4) is 0 Å². The van der Waals surface area contributed by atoms with Crippen LogP contribution in [0.2, 0.25) is 0 Å². The van der Waals surface area contributed by atoms with Gasteiger partial charge in [0.1, 0.15) is 5.54 Å². The molecule has 2 aromatic carbocycles. The lowest BCUT2D eigenvalue weighted by Crippen LogP contribution is -2.57. The van der Waals surface area contributed by atoms with Crippen molar-refractivity contribution in [2.24, 2.45) is 0 Å². The molecule has 2 aliphatic heterocycles. The van der Waals surface area contributed by atoms with Crippen molar-refractivity contribution >= 4 is 40.5 Å². The number of morpholine rings is 1. The van der Waals surface area contributed by atoms with E-state index in [1.807, 2.05) is 71.6 Å². The van der Waals surface area contributed by atoms with E-state index in [2.05, 4.69) is 20.5 Å². The first-order valence-corrected chi connectivity index (χ1v) is 14.3. The number of benzene rings is 2. The van der Waals surface area contributed by atoms with E-state index >= 15 is 0 Å². The molecular formula is C31H36N6O3S. The maximum Gasteiger partial charge on any atom is 0.249 e. The number of amides is 2. The predicted octanol–water partition coefficient (Wildman–Crippen LogP) is 3.60. The first-order chi connectivity index (χ1) is 19.8. The maximum atomic E-state index is 13.9. The van der Waals surface area contributed by atoms with E-state index in [1.165, 1.54) is 0 Å². The summed E-state index contributed by atoms with van der Waals surface area (Å²) in [4.78, 5) is 37.5. The van der Waals surface area contributed by atoms with Gasteiger partial charge in [-0.1, -0.05) is 36.4 Å². The molecule has 2 saturated heterocycles. The first kappa shape index (κ1) is 28.5. The number of rotatable bonds is 9. The molecule has 9 nitrogen and oxygen atoms in total. The summed E-state index contributed by atoms with van der Waals surface area (Å²) >= 11 is 5.59. The highest BCUT2D eigenvalue weighted by molar-refractivity contribution is 7.80. The SMILES string of the molecule is CC(C)(C(=O)Nc1ccc(N2CCOCC2)cc1)N(Cc1cccnc1)C(=O)CN1C[C@H](c2ccccc2)NC1=S. The van der Waals surface area contributed by atoms with Crippen LogP contribution in [-0.2, 0) is 20.9 Å². The summed E-state index contributed by atoms with van der Waals surface area (Å²) in [6.07, 6.45) is 3.40. The van der Waals surface area contributed by atoms with E-state index in [0.29, 0.717) is 30.6 Å². The lowest BCUT2D eigenvalue weighted by atomic mass is 9.99. The van der Waals surface area contributed by atoms with Crippen molar-refractivity contribution in [3.63, 3.8) is 0 Å². The topological polar surface area (TPSA) is 90.0 Å². The number of aromatic nitrogens is 1. The highest BCUT2D eigenvalue weighted by Crippen LogP contribution is 2.25. The normalized spacial score (nSPS) is 17.2. The number of carbonyl (C=O) groups excluding carboxylic acids is 2. The second-order valence-electron chi connectivity index (χ2n) is 10.8. The molecule has 3 aromatic rings. The van der Waals surface area contributed by atoms with Gasteiger partial charge < -0.3 is 30.1 Å². The number of pyridine rings is 1. The zero-order valence-corrected chi connectivity index (χ0v) is 24.3. The Morgan fingerprint density at radius 3 is 2.49 bits per heavy atom. The third-order valence-corrected chi connectivity index (χ3v) is 7.99. The van der Waals surface area contributed by atoms with Crippen LogP contribution in [0.1, 0.15) is 31.0 Å². The quantitative estimate of drug-likeness (QED) is 0.376. The Labute approximate surface area is 246 Å². The summed E-state index contributed by atoms with van der Waals surface area (Å²) in [5.41, 5.74) is 2.54. The highest BCUT2D eigenvalue weighted by atomic mass is 32.1. The molecule has 0 bridgehead atoms. The van der Waals surface area contributed by atoms with Gasteiger partial charge in [-0.3, -0.25) is 14.6 Å². The van der Waals surface area contributed by atoms with Crippen molar-refractivity contribution in [3.05, 3.63) is 90.3 Å². The molecule has 2 aliphatic rings. The molecule has 2 fully saturated rings. The molecule has 3 heterocycles. The van der Waals surface area contributed by atoms with Gasteiger partial charge in [0.05, 0.1) is 25.8 Å². The monoisotopic (exact) mass is 572 g/mol. The van der Waals surface area contributed by atoms with Crippen LogP contribution in [0.15, 0.2) is 79.1 Å². The average Bonchev–Trinajstić information content (AvgIpc) is 3.37. The van der Waals surface area contributed by atoms with Crippen LogP contribution >= 0.6 is 12.2 Å². The van der Waals surface area contributed by atoms with E-state index < -0.39 is 5.54 Å². The number of nitrogens with zero attached hydrogens (tertiary/aromatic N) is 4. The van der Waals surface area contributed by atoms with Gasteiger partial charge in [-0.2, -0.15) is 0 Å². The van der Waals surface area contributed by atoms with Gasteiger partial charge >= 0.3 is 0 Å². The smallest absolute Gasteiger partial charge is 0.249 e. The van der Waals surface area contributed by atoms with Crippen LogP contribution < -0.4 is 15.5 Å². The summed E-state index contributed by atoms with van der Waals surface area (Å²) in [6, 6.07) is 21.5. The number of hydrogen-bond acceptors (Lipinski definition) is 6. The number of carbonyl (C=O) groups is 2. The van der Waals surface area contributed by atoms with Gasteiger partial charge in [0.2, 0.25) is 11.8 Å². The third kappa shape index (κ3) is 6.83. The van der Waals surface area contributed by atoms with Crippen molar-refractivity contribution < 1.29 is 14.3 Å². The summed E-state index contributed by atoms with van der Waals surface area (Å²) < 4.78 is 5.44. The molecule has 1 atom stereocenters. The number of thiocarbonyl (C=S) groups is 1. The molecule has 0 saturated carbocycles. The molecule has 5 rings (SSSR count). The molecule has 41 heavy (non-hydrogen) atoms. The van der Waals surface area contributed by atoms with Crippen LogP contribution in [0.5, 0.6) is 0 Å². The standard InChI is InChI=1S/C31H36N6O3S/c1-31(2,29(39)33-25-10-12-26(13-11-25)35-15-17-40-18-16-35)37(20-23-7-6-14-32-19-23)28(38)22-36-21-27(34-30(36)41)24-8-4-3-5-9-24/h3-14,19,27H,15-18,20-22H2,1-2H3,(H,33,39)(H,34,41)/t27-/m1/s1. The fraction of sp³-hybridized carbons (Fsp3) is 0.355. The molecule has 0 radical (unpaired) electrons. The van der Waals surface area contributed by atoms with E-state index in [9.17, 15) is 9.59 Å². The molecule has 2 amide bonds. The average molecular weight is 573 g/mol. The number of nitrogens with one attached hydrogen (secondary N) is 2. The van der Waals surface area contributed by atoms with Gasteiger partial charge in [-0.15, -0.1) is 0 Å². The van der Waals surface area contributed by atoms with Gasteiger partial charge in [0.25, 0.3) is 0 Å². The summed E-state index contributed by atoms with van der Waals surface area (Å²) in [7, 11) is 0. The summed E-state index contributed by atoms with van der Waals surface area (Å²) in [6.45, 7) is 7.49. The number of anilines is 2. The number of hydrogen-bond donors (Lipinski definition) is 2. The van der Waals surface area contributed by atoms with Gasteiger partial charge in [0.15, 0.2) is 5.11 Å². The molecule has 214 valence electrons. The molecule has 10 heteroatoms. The van der Waals surface area contributed by atoms with Crippen molar-refractivity contribution in [1.82, 2.24) is 20.1 Å². The van der Waals surface area contributed by atoms with E-state index in [4.69, 9.17) is 17.0 Å². The Kier molecular flexibility index (Phi) is 8.80. The maximum absolute atomic E-state index is 13.9. The summed E-state index contributed by atoms with van der Waals surface area (Å²) in [5.74, 6) is -0.479. The van der Waals surface area contributed by atoms with Crippen LogP contribution in [0, 0.1) is 0 Å². The van der Waals surface area contributed by atoms with Gasteiger partial charge in [-0.05, 0) is 67.5 Å². The Morgan fingerprint density at radius 2 is 1.80 bits per heavy atom. The Balaban J connectivity index is 1.30. The molecule has 0 unspecified atom stereocenters. The largest absolute Gasteiger partial charge is 0.378 e. The van der Waals surface area contributed by atoms with Gasteiger partial charge in [-0.25, -0.2) is 0 Å². The van der Waals surface area contributed by atoms with Crippen molar-refractivity contribution in [3.8, 4) is 0 Å². The van der Waals surface area contributed by atoms with Crippen molar-refractivity contribution in [2.75, 3.05) is 49.6 Å². The molecular weight excluding hydrogens is 536 g/mol. The van der Waals surface area contributed by atoms with E-state index in [-0.39, 0.29) is 30.9 Å². The predicted molar refractivity (Wildman–Crippen MR) is 163 cm³/mol. The molecule has 0 aliphatic carbocycles. The zero-order valence-electron chi connectivity index (χ0n) is 23.5. The lowest BCUT2D eigenvalue weighted by Gasteiger charge is -2.38. The van der Waals surface area contributed by atoms with Crippen molar-refractivity contribution in [1.29, 1.82) is 0 Å². The summed E-state index contributed by atoms with van der Waals surface area (Å²) in [5, 5.41) is 6.87. The molecule has 1 aromatic heterocycles. The Bertz CT molecular complexity index is 1350. The van der Waals surface area contributed by atoms with Gasteiger partial charge in [0, 0.05) is 49.9 Å². The van der Waals surface area contributed by atoms with Crippen LogP contribution in [0.4, 0.5) is 11.4 Å². The second-order valence-corrected chi connectivity index (χ2v) is 11.2. The lowest BCUT2D eigenvalue weighted by molar-refractivity contribution is -0.144. The highest BCUT2D eigenvalue weighted by Gasteiger charge is 2.39. The second kappa shape index (κ2) is 12.7. The van der Waals surface area contributed by atoms with Crippen LogP contribution in [0.25, 0.3) is 0 Å². The minimum atomic E-state index is -1.16. The first-order valence-electron chi connectivity index (χ1n) is 13.9. The third-order valence-electron chi connectivity index (χ3n) is 7.61. The Hall–Kier alpha value is -4.02. The Morgan fingerprint density at radius 1 is 1.07 bits per heavy atom. The minimum Gasteiger partial charge on any atom is -0.378 e.